The van der Waals surface area contributed by atoms with Crippen LogP contribution in [0.2, 0.25) is 0 Å². The van der Waals surface area contributed by atoms with Crippen LogP contribution in [0.4, 0.5) is 0 Å². The van der Waals surface area contributed by atoms with Crippen LogP contribution in [-0.4, -0.2) is 17.1 Å². The molecule has 100 valence electrons. The van der Waals surface area contributed by atoms with E-state index in [-0.39, 0.29) is 0 Å². The maximum absolute atomic E-state index is 5.22. The van der Waals surface area contributed by atoms with Crippen LogP contribution in [0.15, 0.2) is 33.9 Å². The van der Waals surface area contributed by atoms with Crippen molar-refractivity contribution in [2.75, 3.05) is 7.11 Å². The van der Waals surface area contributed by atoms with Crippen molar-refractivity contribution < 1.29 is 4.74 Å². The maximum Gasteiger partial charge on any atom is 0.188 e. The van der Waals surface area contributed by atoms with Gasteiger partial charge in [-0.25, -0.2) is 9.97 Å². The molecule has 0 radical (unpaired) electrons. The standard InChI is InChI=1S/C14H15BrN2OS/c1-9-6-10(2)17-14(16-9)19-8-11-4-5-13(18-3)12(15)7-11/h4-7H,8H2,1-3H3. The summed E-state index contributed by atoms with van der Waals surface area (Å²) < 4.78 is 6.18. The molecule has 0 aliphatic heterocycles. The molecule has 0 N–H and O–H groups in total. The Morgan fingerprint density at radius 2 is 1.84 bits per heavy atom. The number of aromatic nitrogens is 2. The van der Waals surface area contributed by atoms with Crippen LogP contribution in [0.5, 0.6) is 5.75 Å². The third-order valence-corrected chi connectivity index (χ3v) is 4.08. The quantitative estimate of drug-likeness (QED) is 0.619. The molecule has 0 fully saturated rings. The van der Waals surface area contributed by atoms with E-state index in [1.807, 2.05) is 26.0 Å². The van der Waals surface area contributed by atoms with Gasteiger partial charge in [0.2, 0.25) is 0 Å². The second-order valence-corrected chi connectivity index (χ2v) is 5.99. The molecule has 0 amide bonds. The van der Waals surface area contributed by atoms with Gasteiger partial charge in [0.05, 0.1) is 11.6 Å². The van der Waals surface area contributed by atoms with Crippen LogP contribution in [-0.2, 0) is 5.75 Å². The Labute approximate surface area is 125 Å². The summed E-state index contributed by atoms with van der Waals surface area (Å²) in [6.07, 6.45) is 0. The first-order valence-electron chi connectivity index (χ1n) is 5.86. The number of aryl methyl sites for hydroxylation is 2. The van der Waals surface area contributed by atoms with Gasteiger partial charge in [0.1, 0.15) is 5.75 Å². The molecule has 0 aliphatic carbocycles. The molecule has 19 heavy (non-hydrogen) atoms. The van der Waals surface area contributed by atoms with Gasteiger partial charge in [-0.15, -0.1) is 0 Å². The Morgan fingerprint density at radius 1 is 1.16 bits per heavy atom. The van der Waals surface area contributed by atoms with Crippen LogP contribution in [0.3, 0.4) is 0 Å². The summed E-state index contributed by atoms with van der Waals surface area (Å²) in [6.45, 7) is 3.98. The Balaban J connectivity index is 2.08. The molecule has 1 aromatic heterocycles. The predicted molar refractivity (Wildman–Crippen MR) is 81.8 cm³/mol. The van der Waals surface area contributed by atoms with Crippen LogP contribution in [0.1, 0.15) is 17.0 Å². The lowest BCUT2D eigenvalue weighted by Gasteiger charge is -2.06. The second kappa shape index (κ2) is 6.39. The Kier molecular flexibility index (Phi) is 4.82. The average Bonchev–Trinajstić information content (AvgIpc) is 2.35. The Hall–Kier alpha value is -1.07. The molecule has 2 aromatic rings. The van der Waals surface area contributed by atoms with Crippen LogP contribution in [0.25, 0.3) is 0 Å². The first-order chi connectivity index (χ1) is 9.08. The van der Waals surface area contributed by atoms with E-state index in [1.54, 1.807) is 18.9 Å². The van der Waals surface area contributed by atoms with E-state index in [0.717, 1.165) is 32.5 Å². The minimum atomic E-state index is 0.824. The van der Waals surface area contributed by atoms with Crippen molar-refractivity contribution >= 4 is 27.7 Å². The van der Waals surface area contributed by atoms with Crippen molar-refractivity contribution in [1.82, 2.24) is 9.97 Å². The molecule has 0 aliphatic rings. The van der Waals surface area contributed by atoms with E-state index < -0.39 is 0 Å². The number of rotatable bonds is 4. The first-order valence-corrected chi connectivity index (χ1v) is 7.64. The van der Waals surface area contributed by atoms with Crippen molar-refractivity contribution in [3.63, 3.8) is 0 Å². The van der Waals surface area contributed by atoms with Crippen LogP contribution < -0.4 is 4.74 Å². The fourth-order valence-electron chi connectivity index (χ4n) is 1.71. The van der Waals surface area contributed by atoms with Crippen molar-refractivity contribution in [3.05, 3.63) is 45.7 Å². The second-order valence-electron chi connectivity index (χ2n) is 4.19. The molecule has 1 heterocycles. The summed E-state index contributed by atoms with van der Waals surface area (Å²) in [4.78, 5) is 8.84. The predicted octanol–water partition coefficient (Wildman–Crippen LogP) is 4.16. The molecule has 2 rings (SSSR count). The van der Waals surface area contributed by atoms with E-state index in [1.165, 1.54) is 5.56 Å². The maximum atomic E-state index is 5.22. The molecule has 0 saturated heterocycles. The van der Waals surface area contributed by atoms with Gasteiger partial charge in [-0.05, 0) is 53.5 Å². The molecule has 0 atom stereocenters. The molecular formula is C14H15BrN2OS. The van der Waals surface area contributed by atoms with Gasteiger partial charge in [-0.1, -0.05) is 17.8 Å². The minimum absolute atomic E-state index is 0.824. The summed E-state index contributed by atoms with van der Waals surface area (Å²) in [5, 5.41) is 0.824. The minimum Gasteiger partial charge on any atom is -0.496 e. The summed E-state index contributed by atoms with van der Waals surface area (Å²) in [5.74, 6) is 1.68. The molecule has 0 spiro atoms. The van der Waals surface area contributed by atoms with Gasteiger partial charge in [-0.2, -0.15) is 0 Å². The molecule has 0 unspecified atom stereocenters. The molecule has 0 saturated carbocycles. The molecule has 5 heteroatoms. The zero-order chi connectivity index (χ0) is 13.8. The number of hydrogen-bond donors (Lipinski definition) is 0. The number of ether oxygens (including phenoxy) is 1. The smallest absolute Gasteiger partial charge is 0.188 e. The summed E-state index contributed by atoms with van der Waals surface area (Å²) in [5.41, 5.74) is 3.22. The highest BCUT2D eigenvalue weighted by atomic mass is 79.9. The van der Waals surface area contributed by atoms with Gasteiger partial charge in [0.25, 0.3) is 0 Å². The summed E-state index contributed by atoms with van der Waals surface area (Å²) in [6, 6.07) is 8.06. The van der Waals surface area contributed by atoms with E-state index in [2.05, 4.69) is 38.0 Å². The van der Waals surface area contributed by atoms with Crippen molar-refractivity contribution in [1.29, 1.82) is 0 Å². The third kappa shape index (κ3) is 3.94. The van der Waals surface area contributed by atoms with Gasteiger partial charge in [0, 0.05) is 17.1 Å². The molecule has 0 bridgehead atoms. The topological polar surface area (TPSA) is 35.0 Å². The highest BCUT2D eigenvalue weighted by molar-refractivity contribution is 9.10. The Bertz CT molecular complexity index is 569. The number of methoxy groups -OCH3 is 1. The van der Waals surface area contributed by atoms with Gasteiger partial charge < -0.3 is 4.74 Å². The summed E-state index contributed by atoms with van der Waals surface area (Å²) >= 11 is 5.13. The highest BCUT2D eigenvalue weighted by Crippen LogP contribution is 2.28. The highest BCUT2D eigenvalue weighted by Gasteiger charge is 2.04. The fourth-order valence-corrected chi connectivity index (χ4v) is 3.19. The lowest BCUT2D eigenvalue weighted by atomic mass is 10.2. The largest absolute Gasteiger partial charge is 0.496 e. The van der Waals surface area contributed by atoms with Gasteiger partial charge in [0.15, 0.2) is 5.16 Å². The zero-order valence-corrected chi connectivity index (χ0v) is 13.5. The lowest BCUT2D eigenvalue weighted by Crippen LogP contribution is -1.93. The molecular weight excluding hydrogens is 324 g/mol. The van der Waals surface area contributed by atoms with E-state index in [0.29, 0.717) is 0 Å². The summed E-state index contributed by atoms with van der Waals surface area (Å²) in [7, 11) is 1.66. The van der Waals surface area contributed by atoms with Gasteiger partial charge >= 0.3 is 0 Å². The van der Waals surface area contributed by atoms with E-state index >= 15 is 0 Å². The number of benzene rings is 1. The number of halogens is 1. The fraction of sp³-hybridized carbons (Fsp3) is 0.286. The van der Waals surface area contributed by atoms with Crippen LogP contribution >= 0.6 is 27.7 Å². The van der Waals surface area contributed by atoms with Gasteiger partial charge in [-0.3, -0.25) is 0 Å². The van der Waals surface area contributed by atoms with Crippen molar-refractivity contribution in [2.45, 2.75) is 24.8 Å². The van der Waals surface area contributed by atoms with Crippen molar-refractivity contribution in [3.8, 4) is 5.75 Å². The molecule has 1 aromatic carbocycles. The monoisotopic (exact) mass is 338 g/mol. The first kappa shape index (κ1) is 14.3. The normalized spacial score (nSPS) is 10.5. The lowest BCUT2D eigenvalue weighted by molar-refractivity contribution is 0.412. The molecule has 3 nitrogen and oxygen atoms in total. The van der Waals surface area contributed by atoms with Crippen molar-refractivity contribution in [2.24, 2.45) is 0 Å². The van der Waals surface area contributed by atoms with Crippen LogP contribution in [0, 0.1) is 13.8 Å². The SMILES string of the molecule is COc1ccc(CSc2nc(C)cc(C)n2)cc1Br. The number of thioether (sulfide) groups is 1. The van der Waals surface area contributed by atoms with E-state index in [9.17, 15) is 0 Å². The average molecular weight is 339 g/mol. The Morgan fingerprint density at radius 3 is 2.42 bits per heavy atom. The zero-order valence-electron chi connectivity index (χ0n) is 11.1. The number of nitrogens with zero attached hydrogens (tertiary/aromatic N) is 2. The number of hydrogen-bond acceptors (Lipinski definition) is 4. The third-order valence-electron chi connectivity index (χ3n) is 2.55. The van der Waals surface area contributed by atoms with E-state index in [4.69, 9.17) is 4.74 Å².